The Balaban J connectivity index is 1.61. The normalized spacial score (nSPS) is 22.8. The first-order valence-electron chi connectivity index (χ1n) is 9.01. The van der Waals surface area contributed by atoms with E-state index in [0.717, 1.165) is 45.2 Å². The number of hydrogen-bond acceptors (Lipinski definition) is 5. The molecule has 0 atom stereocenters. The molecule has 0 unspecified atom stereocenters. The summed E-state index contributed by atoms with van der Waals surface area (Å²) in [4.78, 5) is 22.6. The third-order valence-corrected chi connectivity index (χ3v) is 5.20. The number of ketones is 1. The highest BCUT2D eigenvalue weighted by atomic mass is 19.3. The van der Waals surface area contributed by atoms with Gasteiger partial charge in [0.1, 0.15) is 12.4 Å². The van der Waals surface area contributed by atoms with Gasteiger partial charge in [0.2, 0.25) is 0 Å². The van der Waals surface area contributed by atoms with Crippen molar-refractivity contribution < 1.29 is 14.3 Å². The number of Topliss-reactive ketones (excluding diaryl/α,β-unsaturated/α-hetero) is 1. The third kappa shape index (κ3) is 6.45. The maximum absolute atomic E-state index is 11.8. The van der Waals surface area contributed by atoms with Gasteiger partial charge in [-0.25, -0.2) is 0 Å². The number of carbonyl (C=O) groups excluding carboxylic acids is 1. The largest absolute Gasteiger partial charge is 0.301 e. The average Bonchev–Trinajstić information content (AvgIpc) is 2.56. The summed E-state index contributed by atoms with van der Waals surface area (Å²) in [5.41, 5.74) is 0. The molecule has 0 aromatic rings. The lowest BCUT2D eigenvalue weighted by molar-refractivity contribution is -0.137. The minimum absolute atomic E-state index is 0.140. The molecule has 5 nitrogen and oxygen atoms in total. The summed E-state index contributed by atoms with van der Waals surface area (Å²) in [6, 6.07) is 0. The quantitative estimate of drug-likeness (QED) is 0.673. The van der Waals surface area contributed by atoms with Crippen LogP contribution in [0.2, 0.25) is 0 Å². The lowest BCUT2D eigenvalue weighted by Gasteiger charge is -2.38. The second-order valence-corrected chi connectivity index (χ2v) is 7.30. The highest BCUT2D eigenvalue weighted by Gasteiger charge is 2.24. The molecule has 23 heavy (non-hydrogen) atoms. The minimum atomic E-state index is 0.140. The van der Waals surface area contributed by atoms with Gasteiger partial charge in [-0.15, -0.1) is 0 Å². The smallest absolute Gasteiger partial charge is 0.149 e. The van der Waals surface area contributed by atoms with E-state index >= 15 is 0 Å². The van der Waals surface area contributed by atoms with Crippen LogP contribution in [0.1, 0.15) is 26.7 Å². The van der Waals surface area contributed by atoms with Crippen molar-refractivity contribution in [1.82, 2.24) is 14.7 Å². The first kappa shape index (κ1) is 18.8. The molecule has 0 spiro atoms. The van der Waals surface area contributed by atoms with E-state index in [9.17, 15) is 9.32 Å². The van der Waals surface area contributed by atoms with Gasteiger partial charge in [-0.05, 0) is 36.4 Å². The molecular formula is C17H32FN3O2. The second kappa shape index (κ2) is 9.67. The van der Waals surface area contributed by atoms with Crippen LogP contribution in [0.4, 0.5) is 4.53 Å². The molecule has 2 fully saturated rings. The van der Waals surface area contributed by atoms with Crippen molar-refractivity contribution in [3.05, 3.63) is 0 Å². The Morgan fingerprint density at radius 2 is 1.65 bits per heavy atom. The predicted molar refractivity (Wildman–Crippen MR) is 88.9 cm³/mol. The molecule has 0 aromatic heterocycles. The number of carbonyl (C=O) groups is 1. The van der Waals surface area contributed by atoms with E-state index in [-0.39, 0.29) is 12.5 Å². The molecular weight excluding hydrogens is 297 g/mol. The minimum Gasteiger partial charge on any atom is -0.301 e. The molecule has 6 heteroatoms. The zero-order chi connectivity index (χ0) is 16.7. The van der Waals surface area contributed by atoms with Crippen molar-refractivity contribution in [2.45, 2.75) is 26.7 Å². The molecule has 2 heterocycles. The van der Waals surface area contributed by atoms with E-state index in [0.29, 0.717) is 18.9 Å². The molecule has 0 aliphatic carbocycles. The summed E-state index contributed by atoms with van der Waals surface area (Å²) in [6.45, 7) is 12.9. The molecule has 0 N–H and O–H groups in total. The highest BCUT2D eigenvalue weighted by Crippen LogP contribution is 2.19. The number of piperazine rings is 1. The number of halogens is 1. The number of piperidine rings is 1. The van der Waals surface area contributed by atoms with Crippen LogP contribution in [0.25, 0.3) is 0 Å². The zero-order valence-electron chi connectivity index (χ0n) is 14.7. The molecule has 2 aliphatic rings. The Labute approximate surface area is 139 Å². The van der Waals surface area contributed by atoms with Crippen LogP contribution < -0.4 is 0 Å². The van der Waals surface area contributed by atoms with Crippen LogP contribution in [-0.2, 0) is 9.74 Å². The summed E-state index contributed by atoms with van der Waals surface area (Å²) in [6.07, 6.45) is 2.39. The number of rotatable bonds is 8. The molecule has 2 saturated heterocycles. The van der Waals surface area contributed by atoms with Gasteiger partial charge < -0.3 is 9.80 Å². The van der Waals surface area contributed by atoms with Gasteiger partial charge in [-0.1, -0.05) is 13.8 Å². The summed E-state index contributed by atoms with van der Waals surface area (Å²) in [5.74, 6) is 1.24. The van der Waals surface area contributed by atoms with Gasteiger partial charge in [0.25, 0.3) is 0 Å². The van der Waals surface area contributed by atoms with Gasteiger partial charge in [0.15, 0.2) is 0 Å². The zero-order valence-corrected chi connectivity index (χ0v) is 14.7. The molecule has 0 saturated carbocycles. The Morgan fingerprint density at radius 1 is 1.04 bits per heavy atom. The van der Waals surface area contributed by atoms with Gasteiger partial charge in [0.05, 0.1) is 6.54 Å². The van der Waals surface area contributed by atoms with E-state index in [1.807, 2.05) is 13.8 Å². The Morgan fingerprint density at radius 3 is 2.22 bits per heavy atom. The predicted octanol–water partition coefficient (Wildman–Crippen LogP) is 1.44. The molecule has 134 valence electrons. The molecule has 2 aliphatic heterocycles. The molecule has 0 radical (unpaired) electrons. The van der Waals surface area contributed by atoms with Crippen molar-refractivity contribution in [3.8, 4) is 0 Å². The van der Waals surface area contributed by atoms with Crippen LogP contribution in [-0.4, -0.2) is 86.0 Å². The lowest BCUT2D eigenvalue weighted by atomic mass is 9.96. The Bertz CT molecular complexity index is 352. The standard InChI is InChI=1S/C17H32FN3O2/c1-15(2)17(22)14-21-9-7-20(8-10-21)13-16-3-5-19(6-4-16)11-12-23-18/h15-16H,3-14H2,1-2H3. The third-order valence-electron chi connectivity index (χ3n) is 5.20. The van der Waals surface area contributed by atoms with E-state index in [2.05, 4.69) is 19.6 Å². The maximum atomic E-state index is 11.8. The summed E-state index contributed by atoms with van der Waals surface area (Å²) in [7, 11) is 0. The van der Waals surface area contributed by atoms with Crippen LogP contribution in [0.3, 0.4) is 0 Å². The lowest BCUT2D eigenvalue weighted by Crippen LogP contribution is -2.50. The summed E-state index contributed by atoms with van der Waals surface area (Å²) in [5, 5.41) is 0. The van der Waals surface area contributed by atoms with E-state index in [4.69, 9.17) is 0 Å². The maximum Gasteiger partial charge on any atom is 0.149 e. The first-order chi connectivity index (χ1) is 11.1. The topological polar surface area (TPSA) is 36.0 Å². The monoisotopic (exact) mass is 329 g/mol. The van der Waals surface area contributed by atoms with Gasteiger partial charge in [0, 0.05) is 45.2 Å². The van der Waals surface area contributed by atoms with Gasteiger partial charge >= 0.3 is 0 Å². The van der Waals surface area contributed by atoms with Crippen molar-refractivity contribution in [1.29, 1.82) is 0 Å². The fourth-order valence-electron chi connectivity index (χ4n) is 3.45. The second-order valence-electron chi connectivity index (χ2n) is 7.30. The fraction of sp³-hybridized carbons (Fsp3) is 0.941. The summed E-state index contributed by atoms with van der Waals surface area (Å²) >= 11 is 0. The van der Waals surface area contributed by atoms with E-state index in [1.54, 1.807) is 0 Å². The Kier molecular flexibility index (Phi) is 7.89. The molecule has 0 bridgehead atoms. The summed E-state index contributed by atoms with van der Waals surface area (Å²) < 4.78 is 11.7. The van der Waals surface area contributed by atoms with Crippen LogP contribution in [0.15, 0.2) is 0 Å². The van der Waals surface area contributed by atoms with Crippen LogP contribution >= 0.6 is 0 Å². The SMILES string of the molecule is CC(C)C(=O)CN1CCN(CC2CCN(CCOF)CC2)CC1. The van der Waals surface area contributed by atoms with Crippen molar-refractivity contribution in [3.63, 3.8) is 0 Å². The van der Waals surface area contributed by atoms with Crippen molar-refractivity contribution in [2.24, 2.45) is 11.8 Å². The average molecular weight is 329 g/mol. The van der Waals surface area contributed by atoms with E-state index in [1.165, 1.54) is 19.4 Å². The molecule has 0 amide bonds. The van der Waals surface area contributed by atoms with Gasteiger partial charge in [-0.3, -0.25) is 9.69 Å². The van der Waals surface area contributed by atoms with Crippen molar-refractivity contribution in [2.75, 3.05) is 65.5 Å². The molecule has 2 rings (SSSR count). The van der Waals surface area contributed by atoms with Crippen molar-refractivity contribution >= 4 is 5.78 Å². The number of likely N-dealkylation sites (tertiary alicyclic amines) is 1. The first-order valence-corrected chi connectivity index (χ1v) is 9.01. The van der Waals surface area contributed by atoms with Crippen LogP contribution in [0.5, 0.6) is 0 Å². The number of nitrogens with zero attached hydrogens (tertiary/aromatic N) is 3. The van der Waals surface area contributed by atoms with Crippen LogP contribution in [0, 0.1) is 11.8 Å². The highest BCUT2D eigenvalue weighted by molar-refractivity contribution is 5.82. The number of hydrogen-bond donors (Lipinski definition) is 0. The fourth-order valence-corrected chi connectivity index (χ4v) is 3.45. The molecule has 0 aromatic carbocycles. The Hall–Kier alpha value is -0.560. The van der Waals surface area contributed by atoms with E-state index < -0.39 is 0 Å². The van der Waals surface area contributed by atoms with Gasteiger partial charge in [-0.2, -0.15) is 4.94 Å².